The van der Waals surface area contributed by atoms with E-state index in [1.54, 1.807) is 0 Å². The van der Waals surface area contributed by atoms with Gasteiger partial charge in [-0.3, -0.25) is 4.79 Å². The summed E-state index contributed by atoms with van der Waals surface area (Å²) >= 11 is 0. The van der Waals surface area contributed by atoms with Gasteiger partial charge in [0.25, 0.3) is 0 Å². The highest BCUT2D eigenvalue weighted by atomic mass is 16.1. The molecule has 1 atom stereocenters. The van der Waals surface area contributed by atoms with Gasteiger partial charge in [0.05, 0.1) is 0 Å². The van der Waals surface area contributed by atoms with Gasteiger partial charge in [0.1, 0.15) is 0 Å². The Hall–Kier alpha value is -0.570. The molecule has 84 valence electrons. The summed E-state index contributed by atoms with van der Waals surface area (Å²) in [5.74, 6) is 0.767. The lowest BCUT2D eigenvalue weighted by atomic mass is 10.1. The van der Waals surface area contributed by atoms with Gasteiger partial charge in [-0.15, -0.1) is 0 Å². The molecule has 1 amide bonds. The lowest BCUT2D eigenvalue weighted by Gasteiger charge is -2.13. The molecule has 1 unspecified atom stereocenters. The van der Waals surface area contributed by atoms with E-state index in [1.165, 1.54) is 0 Å². The van der Waals surface area contributed by atoms with Crippen LogP contribution in [-0.2, 0) is 4.79 Å². The van der Waals surface area contributed by atoms with Crippen molar-refractivity contribution in [3.8, 4) is 0 Å². The Balaban J connectivity index is 3.50. The first kappa shape index (κ1) is 13.4. The van der Waals surface area contributed by atoms with E-state index < -0.39 is 0 Å². The summed E-state index contributed by atoms with van der Waals surface area (Å²) in [5, 5.41) is 2.98. The van der Waals surface area contributed by atoms with Crippen LogP contribution in [0.2, 0.25) is 0 Å². The van der Waals surface area contributed by atoms with Crippen molar-refractivity contribution in [3.05, 3.63) is 0 Å². The van der Waals surface area contributed by atoms with Crippen LogP contribution in [0.25, 0.3) is 0 Å². The number of amides is 1. The van der Waals surface area contributed by atoms with Crippen molar-refractivity contribution in [3.63, 3.8) is 0 Å². The molecule has 3 N–H and O–H groups in total. The van der Waals surface area contributed by atoms with E-state index in [0.29, 0.717) is 18.9 Å². The Morgan fingerprint density at radius 1 is 1.29 bits per heavy atom. The van der Waals surface area contributed by atoms with E-state index in [-0.39, 0.29) is 11.9 Å². The van der Waals surface area contributed by atoms with Crippen LogP contribution >= 0.6 is 0 Å². The number of nitrogens with two attached hydrogens (primary N) is 1. The first-order valence-electron chi connectivity index (χ1n) is 5.55. The zero-order chi connectivity index (χ0) is 11.0. The molecule has 0 aromatic carbocycles. The number of carbonyl (C=O) groups is 1. The average molecular weight is 200 g/mol. The minimum absolute atomic E-state index is 0.170. The molecule has 3 nitrogen and oxygen atoms in total. The predicted molar refractivity (Wildman–Crippen MR) is 60.0 cm³/mol. The lowest BCUT2D eigenvalue weighted by Crippen LogP contribution is -2.32. The summed E-state index contributed by atoms with van der Waals surface area (Å²) in [4.78, 5) is 11.4. The van der Waals surface area contributed by atoms with Crippen LogP contribution in [-0.4, -0.2) is 18.5 Å². The number of hydrogen-bond acceptors (Lipinski definition) is 2. The second-order valence-electron chi connectivity index (χ2n) is 4.33. The highest BCUT2D eigenvalue weighted by Gasteiger charge is 2.07. The second kappa shape index (κ2) is 7.80. The summed E-state index contributed by atoms with van der Waals surface area (Å²) in [6.45, 7) is 6.99. The Bertz CT molecular complexity index is 157. The first-order chi connectivity index (χ1) is 6.56. The van der Waals surface area contributed by atoms with Gasteiger partial charge in [-0.1, -0.05) is 13.8 Å². The fourth-order valence-corrected chi connectivity index (χ4v) is 1.26. The third kappa shape index (κ3) is 8.05. The summed E-state index contributed by atoms with van der Waals surface area (Å²) < 4.78 is 0. The van der Waals surface area contributed by atoms with Crippen molar-refractivity contribution >= 4 is 5.91 Å². The number of nitrogens with one attached hydrogen (secondary N) is 1. The van der Waals surface area contributed by atoms with Crippen molar-refractivity contribution in [2.75, 3.05) is 6.54 Å². The van der Waals surface area contributed by atoms with Crippen LogP contribution in [0, 0.1) is 5.92 Å². The van der Waals surface area contributed by atoms with E-state index in [1.807, 2.05) is 6.92 Å². The monoisotopic (exact) mass is 200 g/mol. The predicted octanol–water partition coefficient (Wildman–Crippen LogP) is 1.67. The summed E-state index contributed by atoms with van der Waals surface area (Å²) in [6, 6.07) is 0.262. The second-order valence-corrected chi connectivity index (χ2v) is 4.33. The molecular weight excluding hydrogens is 176 g/mol. The van der Waals surface area contributed by atoms with Gasteiger partial charge in [-0.25, -0.2) is 0 Å². The molecule has 0 rings (SSSR count). The molecule has 0 aliphatic rings. The van der Waals surface area contributed by atoms with E-state index >= 15 is 0 Å². The molecule has 0 aromatic rings. The quantitative estimate of drug-likeness (QED) is 0.657. The highest BCUT2D eigenvalue weighted by molar-refractivity contribution is 5.76. The van der Waals surface area contributed by atoms with Gasteiger partial charge < -0.3 is 11.1 Å². The molecule has 14 heavy (non-hydrogen) atoms. The van der Waals surface area contributed by atoms with Gasteiger partial charge in [0.15, 0.2) is 0 Å². The SMILES string of the molecule is CC(C)CCC(=O)NC(C)CCCN. The molecule has 0 saturated carbocycles. The Kier molecular flexibility index (Phi) is 7.48. The van der Waals surface area contributed by atoms with Crippen molar-refractivity contribution in [2.45, 2.75) is 52.5 Å². The minimum Gasteiger partial charge on any atom is -0.354 e. The molecule has 0 bridgehead atoms. The van der Waals surface area contributed by atoms with Crippen molar-refractivity contribution in [1.82, 2.24) is 5.32 Å². The fourth-order valence-electron chi connectivity index (χ4n) is 1.26. The molecule has 0 spiro atoms. The van der Waals surface area contributed by atoms with Gasteiger partial charge in [0.2, 0.25) is 5.91 Å². The van der Waals surface area contributed by atoms with E-state index in [4.69, 9.17) is 5.73 Å². The molecule has 0 saturated heterocycles. The van der Waals surface area contributed by atoms with Crippen molar-refractivity contribution in [2.24, 2.45) is 11.7 Å². The smallest absolute Gasteiger partial charge is 0.220 e. The Labute approximate surface area is 87.4 Å². The zero-order valence-corrected chi connectivity index (χ0v) is 9.68. The standard InChI is InChI=1S/C11H24N2O/c1-9(2)6-7-11(14)13-10(3)5-4-8-12/h9-10H,4-8,12H2,1-3H3,(H,13,14). The Morgan fingerprint density at radius 2 is 1.93 bits per heavy atom. The summed E-state index contributed by atoms with van der Waals surface area (Å²) in [5.41, 5.74) is 5.39. The first-order valence-corrected chi connectivity index (χ1v) is 5.55. The van der Waals surface area contributed by atoms with Crippen LogP contribution in [0.3, 0.4) is 0 Å². The molecule has 0 radical (unpaired) electrons. The third-order valence-corrected chi connectivity index (χ3v) is 2.20. The summed E-state index contributed by atoms with van der Waals surface area (Å²) in [7, 11) is 0. The van der Waals surface area contributed by atoms with E-state index in [2.05, 4.69) is 19.2 Å². The highest BCUT2D eigenvalue weighted by Crippen LogP contribution is 2.03. The topological polar surface area (TPSA) is 55.1 Å². The molecule has 0 aromatic heterocycles. The molecule has 0 fully saturated rings. The number of carbonyl (C=O) groups excluding carboxylic acids is 1. The third-order valence-electron chi connectivity index (χ3n) is 2.20. The molecule has 0 heterocycles. The number of rotatable bonds is 7. The fraction of sp³-hybridized carbons (Fsp3) is 0.909. The summed E-state index contributed by atoms with van der Waals surface area (Å²) in [6.07, 6.45) is 3.57. The average Bonchev–Trinajstić information content (AvgIpc) is 2.11. The maximum absolute atomic E-state index is 11.4. The normalized spacial score (nSPS) is 12.9. The van der Waals surface area contributed by atoms with Gasteiger partial charge >= 0.3 is 0 Å². The lowest BCUT2D eigenvalue weighted by molar-refractivity contribution is -0.122. The molecule has 0 aliphatic carbocycles. The van der Waals surface area contributed by atoms with E-state index in [0.717, 1.165) is 19.3 Å². The maximum Gasteiger partial charge on any atom is 0.220 e. The van der Waals surface area contributed by atoms with Crippen LogP contribution in [0.1, 0.15) is 46.5 Å². The van der Waals surface area contributed by atoms with Crippen LogP contribution in [0.4, 0.5) is 0 Å². The molecular formula is C11H24N2O. The molecule has 3 heteroatoms. The Morgan fingerprint density at radius 3 is 2.43 bits per heavy atom. The van der Waals surface area contributed by atoms with Gasteiger partial charge in [-0.05, 0) is 38.6 Å². The largest absolute Gasteiger partial charge is 0.354 e. The van der Waals surface area contributed by atoms with E-state index in [9.17, 15) is 4.79 Å². The van der Waals surface area contributed by atoms with Gasteiger partial charge in [-0.2, -0.15) is 0 Å². The van der Waals surface area contributed by atoms with Crippen molar-refractivity contribution < 1.29 is 4.79 Å². The van der Waals surface area contributed by atoms with Crippen molar-refractivity contribution in [1.29, 1.82) is 0 Å². The zero-order valence-electron chi connectivity index (χ0n) is 9.68. The van der Waals surface area contributed by atoms with Crippen LogP contribution < -0.4 is 11.1 Å². The maximum atomic E-state index is 11.4. The number of hydrogen-bond donors (Lipinski definition) is 2. The van der Waals surface area contributed by atoms with Crippen LogP contribution in [0.5, 0.6) is 0 Å². The minimum atomic E-state index is 0.170. The van der Waals surface area contributed by atoms with Gasteiger partial charge in [0, 0.05) is 12.5 Å². The molecule has 0 aliphatic heterocycles. The van der Waals surface area contributed by atoms with Crippen LogP contribution in [0.15, 0.2) is 0 Å².